The molecule has 2 rings (SSSR count). The fraction of sp³-hybridized carbons (Fsp3) is 0.571. The van der Waals surface area contributed by atoms with Gasteiger partial charge < -0.3 is 4.74 Å². The maximum Gasteiger partial charge on any atom is 0.116 e. The molecule has 0 N–H and O–H groups in total. The van der Waals surface area contributed by atoms with E-state index in [0.29, 0.717) is 11.8 Å². The monoisotopic (exact) mass is 234 g/mol. The van der Waals surface area contributed by atoms with Crippen molar-refractivity contribution in [2.24, 2.45) is 0 Å². The summed E-state index contributed by atoms with van der Waals surface area (Å²) in [6.07, 6.45) is 4.40. The Hall–Kier alpha value is -0.603. The Bertz CT molecular complexity index is 334. The zero-order valence-corrected chi connectivity index (χ0v) is 11.6. The van der Waals surface area contributed by atoms with Gasteiger partial charge in [-0.25, -0.2) is 0 Å². The van der Waals surface area contributed by atoms with Crippen molar-refractivity contribution in [2.75, 3.05) is 0 Å². The summed E-state index contributed by atoms with van der Waals surface area (Å²) in [4.78, 5) is 0. The highest BCUT2D eigenvalue weighted by Gasteiger charge is 2.50. The molecule has 2 heteroatoms. The second-order valence-electron chi connectivity index (χ2n) is 5.33. The molecule has 1 aliphatic heterocycles. The molecule has 0 aromatic heterocycles. The predicted octanol–water partition coefficient (Wildman–Crippen LogP) is 3.10. The number of unbranched alkanes of at least 4 members (excludes halogenated alkanes) is 1. The SMILES string of the molecule is CCCCC1OC1[Si](C)(C)c1ccccc1. The van der Waals surface area contributed by atoms with Crippen LogP contribution in [0.5, 0.6) is 0 Å². The summed E-state index contributed by atoms with van der Waals surface area (Å²) in [6, 6.07) is 10.9. The number of rotatable bonds is 5. The summed E-state index contributed by atoms with van der Waals surface area (Å²) >= 11 is 0. The van der Waals surface area contributed by atoms with E-state index >= 15 is 0 Å². The molecule has 0 saturated carbocycles. The van der Waals surface area contributed by atoms with E-state index in [0.717, 1.165) is 0 Å². The van der Waals surface area contributed by atoms with Gasteiger partial charge in [0.15, 0.2) is 0 Å². The number of hydrogen-bond acceptors (Lipinski definition) is 1. The summed E-state index contributed by atoms with van der Waals surface area (Å²) in [5.41, 5.74) is 0.557. The minimum absolute atomic E-state index is 0.557. The highest BCUT2D eigenvalue weighted by atomic mass is 28.3. The van der Waals surface area contributed by atoms with Crippen LogP contribution < -0.4 is 5.19 Å². The van der Waals surface area contributed by atoms with E-state index in [1.54, 1.807) is 0 Å². The van der Waals surface area contributed by atoms with E-state index in [4.69, 9.17) is 4.74 Å². The molecule has 2 atom stereocenters. The van der Waals surface area contributed by atoms with Gasteiger partial charge in [0, 0.05) is 0 Å². The minimum Gasteiger partial charge on any atom is -0.373 e. The van der Waals surface area contributed by atoms with Crippen LogP contribution in [-0.2, 0) is 4.74 Å². The standard InChI is InChI=1S/C14H22OSi/c1-4-5-11-13-14(15-13)16(2,3)12-9-7-6-8-10-12/h6-10,13-14H,4-5,11H2,1-3H3. The lowest BCUT2D eigenvalue weighted by Crippen LogP contribution is -2.48. The average molecular weight is 234 g/mol. The first-order chi connectivity index (χ1) is 7.66. The van der Waals surface area contributed by atoms with E-state index in [9.17, 15) is 0 Å². The first-order valence-corrected chi connectivity index (χ1v) is 9.45. The number of ether oxygens (including phenoxy) is 1. The molecule has 0 radical (unpaired) electrons. The fourth-order valence-electron chi connectivity index (χ4n) is 2.43. The number of hydrogen-bond donors (Lipinski definition) is 0. The zero-order valence-electron chi connectivity index (χ0n) is 10.6. The van der Waals surface area contributed by atoms with Gasteiger partial charge >= 0.3 is 0 Å². The average Bonchev–Trinajstić information content (AvgIpc) is 3.07. The van der Waals surface area contributed by atoms with Gasteiger partial charge in [-0.15, -0.1) is 0 Å². The van der Waals surface area contributed by atoms with Crippen molar-refractivity contribution >= 4 is 13.3 Å². The quantitative estimate of drug-likeness (QED) is 0.563. The molecule has 0 bridgehead atoms. The topological polar surface area (TPSA) is 12.5 Å². The molecule has 1 saturated heterocycles. The van der Waals surface area contributed by atoms with Gasteiger partial charge in [0.05, 0.1) is 11.8 Å². The van der Waals surface area contributed by atoms with Crippen molar-refractivity contribution in [1.29, 1.82) is 0 Å². The summed E-state index contributed by atoms with van der Waals surface area (Å²) in [7, 11) is -1.38. The van der Waals surface area contributed by atoms with Gasteiger partial charge in [-0.3, -0.25) is 0 Å². The Balaban J connectivity index is 1.99. The summed E-state index contributed by atoms with van der Waals surface area (Å²) < 4.78 is 5.90. The Morgan fingerprint density at radius 1 is 1.19 bits per heavy atom. The summed E-state index contributed by atoms with van der Waals surface area (Å²) in [5.74, 6) is 0. The first-order valence-electron chi connectivity index (χ1n) is 6.37. The van der Waals surface area contributed by atoms with Crippen LogP contribution in [0.15, 0.2) is 30.3 Å². The summed E-state index contributed by atoms with van der Waals surface area (Å²) in [6.45, 7) is 7.11. The second-order valence-corrected chi connectivity index (χ2v) is 9.91. The van der Waals surface area contributed by atoms with Crippen molar-refractivity contribution < 1.29 is 4.74 Å². The fourth-order valence-corrected chi connectivity index (χ4v) is 5.43. The lowest BCUT2D eigenvalue weighted by atomic mass is 10.2. The van der Waals surface area contributed by atoms with E-state index in [-0.39, 0.29) is 0 Å². The van der Waals surface area contributed by atoms with Crippen LogP contribution in [0.25, 0.3) is 0 Å². The third-order valence-corrected chi connectivity index (χ3v) is 7.41. The molecule has 88 valence electrons. The molecule has 2 unspecified atom stereocenters. The normalized spacial score (nSPS) is 24.4. The highest BCUT2D eigenvalue weighted by molar-refractivity contribution is 6.91. The van der Waals surface area contributed by atoms with Gasteiger partial charge in [0.2, 0.25) is 0 Å². The molecule has 1 fully saturated rings. The molecule has 1 aliphatic rings. The molecular weight excluding hydrogens is 212 g/mol. The van der Waals surface area contributed by atoms with Crippen LogP contribution in [0.1, 0.15) is 26.2 Å². The van der Waals surface area contributed by atoms with Crippen LogP contribution in [0.4, 0.5) is 0 Å². The molecule has 0 spiro atoms. The van der Waals surface area contributed by atoms with Crippen LogP contribution in [0.2, 0.25) is 13.1 Å². The van der Waals surface area contributed by atoms with Crippen molar-refractivity contribution in [3.63, 3.8) is 0 Å². The van der Waals surface area contributed by atoms with Crippen LogP contribution >= 0.6 is 0 Å². The Labute approximate surface area is 99.8 Å². The van der Waals surface area contributed by atoms with Crippen molar-refractivity contribution in [3.8, 4) is 0 Å². The Kier molecular flexibility index (Phi) is 3.50. The predicted molar refractivity (Wildman–Crippen MR) is 71.7 cm³/mol. The largest absolute Gasteiger partial charge is 0.373 e. The van der Waals surface area contributed by atoms with Gasteiger partial charge in [0.25, 0.3) is 0 Å². The molecule has 1 aromatic rings. The maximum absolute atomic E-state index is 5.90. The number of benzene rings is 1. The molecule has 0 aliphatic carbocycles. The van der Waals surface area contributed by atoms with E-state index in [1.165, 1.54) is 24.4 Å². The van der Waals surface area contributed by atoms with Crippen LogP contribution in [0, 0.1) is 0 Å². The molecule has 16 heavy (non-hydrogen) atoms. The highest BCUT2D eigenvalue weighted by Crippen LogP contribution is 2.34. The first kappa shape index (κ1) is 11.9. The molecule has 0 amide bonds. The third-order valence-electron chi connectivity index (χ3n) is 3.65. The van der Waals surface area contributed by atoms with Crippen molar-refractivity contribution in [3.05, 3.63) is 30.3 Å². The van der Waals surface area contributed by atoms with E-state index in [2.05, 4.69) is 50.3 Å². The third kappa shape index (κ3) is 2.38. The van der Waals surface area contributed by atoms with Crippen molar-refractivity contribution in [1.82, 2.24) is 0 Å². The Morgan fingerprint density at radius 3 is 2.50 bits per heavy atom. The van der Waals surface area contributed by atoms with Gasteiger partial charge in [0.1, 0.15) is 8.07 Å². The van der Waals surface area contributed by atoms with Crippen LogP contribution in [-0.4, -0.2) is 19.9 Å². The summed E-state index contributed by atoms with van der Waals surface area (Å²) in [5, 5.41) is 1.53. The van der Waals surface area contributed by atoms with Gasteiger partial charge in [-0.2, -0.15) is 0 Å². The smallest absolute Gasteiger partial charge is 0.116 e. The zero-order chi connectivity index (χ0) is 11.6. The molecule has 1 heterocycles. The maximum atomic E-state index is 5.90. The van der Waals surface area contributed by atoms with Crippen molar-refractivity contribution in [2.45, 2.75) is 51.1 Å². The van der Waals surface area contributed by atoms with E-state index in [1.807, 2.05) is 0 Å². The second kappa shape index (κ2) is 4.72. The molecule has 1 nitrogen and oxygen atoms in total. The van der Waals surface area contributed by atoms with Gasteiger partial charge in [-0.05, 0) is 6.42 Å². The minimum atomic E-state index is -1.38. The van der Waals surface area contributed by atoms with Crippen LogP contribution in [0.3, 0.4) is 0 Å². The lowest BCUT2D eigenvalue weighted by Gasteiger charge is -2.20. The molecule has 1 aromatic carbocycles. The Morgan fingerprint density at radius 2 is 1.88 bits per heavy atom. The molecular formula is C14H22OSi. The van der Waals surface area contributed by atoms with E-state index < -0.39 is 8.07 Å². The van der Waals surface area contributed by atoms with Gasteiger partial charge in [-0.1, -0.05) is 68.4 Å². The number of epoxide rings is 1. The lowest BCUT2D eigenvalue weighted by molar-refractivity contribution is 0.380.